The molecule has 7 nitrogen and oxygen atoms in total. The minimum absolute atomic E-state index is 0.0609. The second kappa shape index (κ2) is 9.30. The highest BCUT2D eigenvalue weighted by Gasteiger charge is 2.25. The molecular weight excluding hydrogens is 404 g/mol. The first kappa shape index (κ1) is 21.0. The van der Waals surface area contributed by atoms with E-state index in [4.69, 9.17) is 9.72 Å². The summed E-state index contributed by atoms with van der Waals surface area (Å²) in [6.07, 6.45) is 6.83. The number of benzene rings is 1. The van der Waals surface area contributed by atoms with Gasteiger partial charge in [-0.25, -0.2) is 4.79 Å². The molecule has 1 unspecified atom stereocenters. The summed E-state index contributed by atoms with van der Waals surface area (Å²) in [7, 11) is 0. The van der Waals surface area contributed by atoms with Crippen LogP contribution in [0.25, 0.3) is 11.3 Å². The number of aromatic nitrogens is 3. The van der Waals surface area contributed by atoms with E-state index in [0.29, 0.717) is 12.6 Å². The van der Waals surface area contributed by atoms with Gasteiger partial charge in [0.25, 0.3) is 0 Å². The van der Waals surface area contributed by atoms with Crippen LogP contribution in [0.3, 0.4) is 0 Å². The SMILES string of the molecule is O=c1n(Cc2ccc(-c3cccc(CNC4CCCOC4)n3)cc2)cc(O)n1C1CCC1. The third-order valence-electron chi connectivity index (χ3n) is 6.55. The smallest absolute Gasteiger partial charge is 0.331 e. The van der Waals surface area contributed by atoms with Crippen LogP contribution in [0.15, 0.2) is 53.5 Å². The second-order valence-electron chi connectivity index (χ2n) is 8.86. The molecule has 2 aliphatic rings. The fraction of sp³-hybridized carbons (Fsp3) is 0.440. The number of pyridine rings is 1. The number of aromatic hydroxyl groups is 1. The lowest BCUT2D eigenvalue weighted by atomic mass is 9.93. The van der Waals surface area contributed by atoms with Crippen molar-refractivity contribution in [2.24, 2.45) is 0 Å². The second-order valence-corrected chi connectivity index (χ2v) is 8.86. The molecule has 1 aliphatic heterocycles. The molecule has 0 radical (unpaired) electrons. The molecule has 3 aromatic rings. The molecule has 1 saturated carbocycles. The zero-order valence-electron chi connectivity index (χ0n) is 18.2. The fourth-order valence-electron chi connectivity index (χ4n) is 4.46. The summed E-state index contributed by atoms with van der Waals surface area (Å²) in [5, 5.41) is 13.7. The molecule has 2 fully saturated rings. The Morgan fingerprint density at radius 1 is 1.09 bits per heavy atom. The summed E-state index contributed by atoms with van der Waals surface area (Å²) in [5.41, 5.74) is 3.86. The van der Waals surface area contributed by atoms with Crippen molar-refractivity contribution in [2.45, 2.75) is 57.3 Å². The molecule has 2 N–H and O–H groups in total. The Bertz CT molecular complexity index is 1110. The van der Waals surface area contributed by atoms with E-state index in [9.17, 15) is 9.90 Å². The first-order valence-electron chi connectivity index (χ1n) is 11.5. The summed E-state index contributed by atoms with van der Waals surface area (Å²) < 4.78 is 8.65. The van der Waals surface area contributed by atoms with Crippen molar-refractivity contribution < 1.29 is 9.84 Å². The molecule has 1 aromatic carbocycles. The highest BCUT2D eigenvalue weighted by molar-refractivity contribution is 5.59. The number of imidazole rings is 1. The number of rotatable bonds is 7. The van der Waals surface area contributed by atoms with Crippen LogP contribution in [0.2, 0.25) is 0 Å². The third-order valence-corrected chi connectivity index (χ3v) is 6.55. The van der Waals surface area contributed by atoms with E-state index in [1.54, 1.807) is 10.8 Å². The zero-order valence-corrected chi connectivity index (χ0v) is 18.2. The summed E-state index contributed by atoms with van der Waals surface area (Å²) in [4.78, 5) is 17.5. The van der Waals surface area contributed by atoms with Crippen LogP contribution in [-0.4, -0.2) is 38.5 Å². The van der Waals surface area contributed by atoms with Crippen LogP contribution in [0.1, 0.15) is 49.4 Å². The van der Waals surface area contributed by atoms with Crippen molar-refractivity contribution in [3.63, 3.8) is 0 Å². The lowest BCUT2D eigenvalue weighted by molar-refractivity contribution is 0.0698. The van der Waals surface area contributed by atoms with Gasteiger partial charge in [0.05, 0.1) is 30.7 Å². The Labute approximate surface area is 187 Å². The maximum absolute atomic E-state index is 12.7. The van der Waals surface area contributed by atoms with Crippen molar-refractivity contribution >= 4 is 0 Å². The van der Waals surface area contributed by atoms with Crippen molar-refractivity contribution in [1.29, 1.82) is 0 Å². The van der Waals surface area contributed by atoms with Gasteiger partial charge in [-0.15, -0.1) is 0 Å². The average Bonchev–Trinajstić information content (AvgIpc) is 3.06. The Morgan fingerprint density at radius 3 is 2.66 bits per heavy atom. The first-order valence-corrected chi connectivity index (χ1v) is 11.5. The van der Waals surface area contributed by atoms with Gasteiger partial charge in [-0.05, 0) is 49.8 Å². The Hall–Kier alpha value is -2.90. The van der Waals surface area contributed by atoms with Crippen LogP contribution in [0.5, 0.6) is 5.88 Å². The number of nitrogens with one attached hydrogen (secondary N) is 1. The largest absolute Gasteiger partial charge is 0.493 e. The monoisotopic (exact) mass is 434 g/mol. The molecule has 32 heavy (non-hydrogen) atoms. The normalized spacial score (nSPS) is 19.1. The molecule has 3 heterocycles. The van der Waals surface area contributed by atoms with Crippen LogP contribution in [0.4, 0.5) is 0 Å². The average molecular weight is 435 g/mol. The number of hydrogen-bond acceptors (Lipinski definition) is 5. The van der Waals surface area contributed by atoms with Crippen molar-refractivity contribution in [1.82, 2.24) is 19.4 Å². The maximum Gasteiger partial charge on any atom is 0.331 e. The number of ether oxygens (including phenoxy) is 1. The van der Waals surface area contributed by atoms with Crippen LogP contribution in [-0.2, 0) is 17.8 Å². The highest BCUT2D eigenvalue weighted by atomic mass is 16.5. The van der Waals surface area contributed by atoms with Gasteiger partial charge in [0.1, 0.15) is 0 Å². The van der Waals surface area contributed by atoms with Gasteiger partial charge in [-0.3, -0.25) is 14.1 Å². The van der Waals surface area contributed by atoms with E-state index < -0.39 is 0 Å². The zero-order chi connectivity index (χ0) is 21.9. The van der Waals surface area contributed by atoms with Crippen molar-refractivity contribution in [3.05, 3.63) is 70.4 Å². The molecule has 0 bridgehead atoms. The van der Waals surface area contributed by atoms with Gasteiger partial charge < -0.3 is 15.2 Å². The van der Waals surface area contributed by atoms with Crippen LogP contribution < -0.4 is 11.0 Å². The fourth-order valence-corrected chi connectivity index (χ4v) is 4.46. The van der Waals surface area contributed by atoms with E-state index >= 15 is 0 Å². The van der Waals surface area contributed by atoms with Gasteiger partial charge in [0.15, 0.2) is 0 Å². The van der Waals surface area contributed by atoms with E-state index in [-0.39, 0.29) is 17.6 Å². The lowest BCUT2D eigenvalue weighted by Crippen LogP contribution is -2.36. The van der Waals surface area contributed by atoms with Gasteiger partial charge in [-0.1, -0.05) is 30.3 Å². The predicted molar refractivity (Wildman–Crippen MR) is 123 cm³/mol. The molecule has 1 atom stereocenters. The summed E-state index contributed by atoms with van der Waals surface area (Å²) in [5.74, 6) is 0.0609. The van der Waals surface area contributed by atoms with Crippen LogP contribution >= 0.6 is 0 Å². The Morgan fingerprint density at radius 2 is 1.94 bits per heavy atom. The lowest BCUT2D eigenvalue weighted by Gasteiger charge is -2.26. The van der Waals surface area contributed by atoms with Crippen molar-refractivity contribution in [3.8, 4) is 17.1 Å². The van der Waals surface area contributed by atoms with E-state index in [1.165, 1.54) is 4.57 Å². The molecule has 1 aliphatic carbocycles. The maximum atomic E-state index is 12.7. The number of hydrogen-bond donors (Lipinski definition) is 2. The summed E-state index contributed by atoms with van der Waals surface area (Å²) in [6.45, 7) is 2.80. The Kier molecular flexibility index (Phi) is 6.10. The van der Waals surface area contributed by atoms with Gasteiger partial charge in [0.2, 0.25) is 5.88 Å². The summed E-state index contributed by atoms with van der Waals surface area (Å²) in [6, 6.07) is 14.8. The third kappa shape index (κ3) is 4.49. The molecule has 2 aromatic heterocycles. The highest BCUT2D eigenvalue weighted by Crippen LogP contribution is 2.33. The molecule has 5 rings (SSSR count). The minimum atomic E-state index is -0.137. The van der Waals surface area contributed by atoms with Gasteiger partial charge >= 0.3 is 5.69 Å². The molecule has 168 valence electrons. The molecule has 1 saturated heterocycles. The molecular formula is C25H30N4O3. The predicted octanol–water partition coefficient (Wildman–Crippen LogP) is 3.46. The van der Waals surface area contributed by atoms with Crippen molar-refractivity contribution in [2.75, 3.05) is 13.2 Å². The van der Waals surface area contributed by atoms with E-state index in [2.05, 4.69) is 5.32 Å². The van der Waals surface area contributed by atoms with Gasteiger partial charge in [-0.2, -0.15) is 0 Å². The summed E-state index contributed by atoms with van der Waals surface area (Å²) >= 11 is 0. The van der Waals surface area contributed by atoms with E-state index in [0.717, 1.165) is 74.4 Å². The quantitative estimate of drug-likeness (QED) is 0.595. The molecule has 0 amide bonds. The first-order chi connectivity index (χ1) is 15.7. The molecule has 0 spiro atoms. The Balaban J connectivity index is 1.25. The minimum Gasteiger partial charge on any atom is -0.493 e. The standard InChI is InChI=1S/C25H30N4O3/c30-24-16-28(25(31)29(24)22-6-2-7-22)15-18-9-11-19(12-10-18)23-8-1-4-20(27-23)14-26-21-5-3-13-32-17-21/h1,4,8-12,16,21-22,26,30H,2-3,5-7,13-15,17H2. The van der Waals surface area contributed by atoms with Gasteiger partial charge in [0, 0.05) is 30.8 Å². The van der Waals surface area contributed by atoms with E-state index in [1.807, 2.05) is 42.5 Å². The van der Waals surface area contributed by atoms with Crippen LogP contribution in [0, 0.1) is 0 Å². The molecule has 7 heteroatoms. The topological polar surface area (TPSA) is 81.3 Å². The number of nitrogens with zero attached hydrogens (tertiary/aromatic N) is 3.